The van der Waals surface area contributed by atoms with Crippen LogP contribution < -0.4 is 4.80 Å². The Kier molecular flexibility index (Phi) is 6.87. The number of thiazole rings is 1. The summed E-state index contributed by atoms with van der Waals surface area (Å²) in [5.74, 6) is -0.969. The minimum Gasteiger partial charge on any atom is -0.379 e. The normalized spacial score (nSPS) is 15.8. The zero-order chi connectivity index (χ0) is 22.7. The molecule has 168 valence electrons. The second-order valence-corrected chi connectivity index (χ2v) is 10.2. The first-order chi connectivity index (χ1) is 15.4. The molecule has 2 aromatic carbocycles. The molecular weight excluding hydrogens is 477 g/mol. The first-order valence-electron chi connectivity index (χ1n) is 9.70. The van der Waals surface area contributed by atoms with Crippen LogP contribution in [0.2, 0.25) is 5.02 Å². The predicted octanol–water partition coefficient (Wildman–Crippen LogP) is 3.15. The van der Waals surface area contributed by atoms with Gasteiger partial charge in [-0.15, -0.1) is 11.3 Å². The van der Waals surface area contributed by atoms with E-state index < -0.39 is 15.9 Å². The number of aromatic nitrogens is 1. The van der Waals surface area contributed by atoms with E-state index in [1.54, 1.807) is 34.3 Å². The summed E-state index contributed by atoms with van der Waals surface area (Å²) in [7, 11) is -3.88. The molecule has 1 saturated heterocycles. The van der Waals surface area contributed by atoms with Crippen molar-refractivity contribution in [1.82, 2.24) is 8.87 Å². The van der Waals surface area contributed by atoms with E-state index in [1.165, 1.54) is 39.9 Å². The van der Waals surface area contributed by atoms with Crippen molar-refractivity contribution in [3.8, 4) is 0 Å². The number of rotatable bonds is 5. The van der Waals surface area contributed by atoms with Crippen LogP contribution in [0.25, 0.3) is 0 Å². The smallest absolute Gasteiger partial charge is 0.279 e. The van der Waals surface area contributed by atoms with E-state index >= 15 is 0 Å². The van der Waals surface area contributed by atoms with Gasteiger partial charge in [0, 0.05) is 35.8 Å². The molecule has 0 radical (unpaired) electrons. The van der Waals surface area contributed by atoms with Gasteiger partial charge < -0.3 is 9.30 Å². The Morgan fingerprint density at radius 1 is 1.19 bits per heavy atom. The summed E-state index contributed by atoms with van der Waals surface area (Å²) in [6.07, 6.45) is 1.71. The number of halogens is 2. The van der Waals surface area contributed by atoms with Gasteiger partial charge in [0.1, 0.15) is 10.7 Å². The monoisotopic (exact) mass is 495 g/mol. The summed E-state index contributed by atoms with van der Waals surface area (Å²) in [6.45, 7) is 1.23. The molecule has 11 heteroatoms. The van der Waals surface area contributed by atoms with Crippen LogP contribution in [0.1, 0.15) is 15.9 Å². The summed E-state index contributed by atoms with van der Waals surface area (Å²) in [5.41, 5.74) is 0.553. The number of nitrogens with zero attached hydrogens (tertiary/aromatic N) is 3. The molecule has 0 bridgehead atoms. The second-order valence-electron chi connectivity index (χ2n) is 6.98. The van der Waals surface area contributed by atoms with Gasteiger partial charge in [0.05, 0.1) is 24.8 Å². The van der Waals surface area contributed by atoms with Crippen molar-refractivity contribution in [2.24, 2.45) is 4.99 Å². The van der Waals surface area contributed by atoms with Crippen molar-refractivity contribution in [2.45, 2.75) is 11.4 Å². The van der Waals surface area contributed by atoms with Gasteiger partial charge in [-0.2, -0.15) is 9.30 Å². The summed E-state index contributed by atoms with van der Waals surface area (Å²) in [6, 6.07) is 10.4. The van der Waals surface area contributed by atoms with E-state index in [-0.39, 0.29) is 40.9 Å². The lowest BCUT2D eigenvalue weighted by Crippen LogP contribution is -2.40. The van der Waals surface area contributed by atoms with Crippen molar-refractivity contribution in [1.29, 1.82) is 0 Å². The Hall–Kier alpha value is -2.37. The first kappa shape index (κ1) is 22.8. The molecule has 7 nitrogen and oxygen atoms in total. The van der Waals surface area contributed by atoms with Gasteiger partial charge in [-0.25, -0.2) is 12.8 Å². The molecule has 0 N–H and O–H groups in total. The van der Waals surface area contributed by atoms with Crippen LogP contribution in [0.15, 0.2) is 63.9 Å². The number of benzene rings is 2. The minimum atomic E-state index is -3.88. The molecule has 1 fully saturated rings. The van der Waals surface area contributed by atoms with Gasteiger partial charge >= 0.3 is 0 Å². The van der Waals surface area contributed by atoms with Gasteiger partial charge in [0.25, 0.3) is 5.91 Å². The lowest BCUT2D eigenvalue weighted by molar-refractivity contribution is 0.0730. The van der Waals surface area contributed by atoms with Gasteiger partial charge in [0.15, 0.2) is 4.80 Å². The Balaban J connectivity index is 1.64. The van der Waals surface area contributed by atoms with Gasteiger partial charge in [-0.05, 0) is 24.3 Å². The Bertz CT molecular complexity index is 1310. The molecule has 0 spiro atoms. The van der Waals surface area contributed by atoms with Crippen molar-refractivity contribution < 1.29 is 22.3 Å². The molecule has 32 heavy (non-hydrogen) atoms. The highest BCUT2D eigenvalue weighted by atomic mass is 35.5. The zero-order valence-electron chi connectivity index (χ0n) is 16.8. The summed E-state index contributed by atoms with van der Waals surface area (Å²) in [4.78, 5) is 17.2. The largest absolute Gasteiger partial charge is 0.379 e. The maximum Gasteiger partial charge on any atom is 0.279 e. The third-order valence-corrected chi connectivity index (χ3v) is 8.10. The summed E-state index contributed by atoms with van der Waals surface area (Å²) >= 11 is 7.38. The fourth-order valence-corrected chi connectivity index (χ4v) is 5.86. The zero-order valence-corrected chi connectivity index (χ0v) is 19.2. The van der Waals surface area contributed by atoms with Crippen LogP contribution in [0.3, 0.4) is 0 Å². The Labute approximate surface area is 193 Å². The fourth-order valence-electron chi connectivity index (χ4n) is 3.23. The van der Waals surface area contributed by atoms with Gasteiger partial charge in [0.2, 0.25) is 10.0 Å². The van der Waals surface area contributed by atoms with Crippen LogP contribution in [-0.4, -0.2) is 49.5 Å². The standard InChI is InChI=1S/C21H19ClFN3O4S2/c22-17-6-5-15(13-19(17)32(28,29)26-7-10-30-11-8-26)20(27)24-21-25(9-12-31-21)14-16-3-1-2-4-18(16)23/h1-6,9,12-13H,7-8,10-11,14H2. The highest BCUT2D eigenvalue weighted by molar-refractivity contribution is 7.89. The van der Waals surface area contributed by atoms with Crippen LogP contribution in [0, 0.1) is 5.82 Å². The molecule has 0 unspecified atom stereocenters. The Morgan fingerprint density at radius 3 is 2.69 bits per heavy atom. The maximum atomic E-state index is 14.0. The minimum absolute atomic E-state index is 0.0267. The number of carbonyl (C=O) groups is 1. The highest BCUT2D eigenvalue weighted by Gasteiger charge is 2.29. The summed E-state index contributed by atoms with van der Waals surface area (Å²) < 4.78 is 48.1. The first-order valence-corrected chi connectivity index (χ1v) is 12.4. The number of hydrogen-bond donors (Lipinski definition) is 0. The molecule has 2 heterocycles. The van der Waals surface area contributed by atoms with Crippen molar-refractivity contribution in [2.75, 3.05) is 26.3 Å². The SMILES string of the molecule is O=C(N=c1sccn1Cc1ccccc1F)c1ccc(Cl)c(S(=O)(=O)N2CCOCC2)c1. The molecule has 1 amide bonds. The molecular formula is C21H19ClFN3O4S2. The van der Waals surface area contributed by atoms with Gasteiger partial charge in [-0.3, -0.25) is 4.79 Å². The lowest BCUT2D eigenvalue weighted by Gasteiger charge is -2.26. The van der Waals surface area contributed by atoms with E-state index in [1.807, 2.05) is 0 Å². The number of amides is 1. The average molecular weight is 496 g/mol. The lowest BCUT2D eigenvalue weighted by atomic mass is 10.2. The van der Waals surface area contributed by atoms with Crippen LogP contribution in [-0.2, 0) is 21.3 Å². The number of hydrogen-bond acceptors (Lipinski definition) is 5. The van der Waals surface area contributed by atoms with Crippen molar-refractivity contribution >= 4 is 38.9 Å². The highest BCUT2D eigenvalue weighted by Crippen LogP contribution is 2.26. The molecule has 0 saturated carbocycles. The average Bonchev–Trinajstić information content (AvgIpc) is 3.22. The topological polar surface area (TPSA) is 81.0 Å². The molecule has 3 aromatic rings. The van der Waals surface area contributed by atoms with Crippen LogP contribution >= 0.6 is 22.9 Å². The van der Waals surface area contributed by atoms with Crippen LogP contribution in [0.4, 0.5) is 4.39 Å². The molecule has 1 aliphatic heterocycles. The van der Waals surface area contributed by atoms with E-state index in [0.29, 0.717) is 23.6 Å². The summed E-state index contributed by atoms with van der Waals surface area (Å²) in [5, 5.41) is 1.77. The molecule has 0 aliphatic carbocycles. The Morgan fingerprint density at radius 2 is 1.94 bits per heavy atom. The van der Waals surface area contributed by atoms with E-state index in [0.717, 1.165) is 0 Å². The molecule has 0 atom stereocenters. The third kappa shape index (κ3) is 4.84. The number of ether oxygens (including phenoxy) is 1. The second kappa shape index (κ2) is 9.63. The molecule has 1 aliphatic rings. The quantitative estimate of drug-likeness (QED) is 0.544. The predicted molar refractivity (Wildman–Crippen MR) is 119 cm³/mol. The van der Waals surface area contributed by atoms with Crippen LogP contribution in [0.5, 0.6) is 0 Å². The van der Waals surface area contributed by atoms with Crippen molar-refractivity contribution in [3.63, 3.8) is 0 Å². The fraction of sp³-hybridized carbons (Fsp3) is 0.238. The molecule has 4 rings (SSSR count). The molecule has 1 aromatic heterocycles. The van der Waals surface area contributed by atoms with E-state index in [2.05, 4.69) is 4.99 Å². The number of sulfonamides is 1. The third-order valence-electron chi connectivity index (χ3n) is 4.92. The number of carbonyl (C=O) groups excluding carboxylic acids is 1. The van der Waals surface area contributed by atoms with Crippen molar-refractivity contribution in [3.05, 3.63) is 80.8 Å². The number of morpholine rings is 1. The maximum absolute atomic E-state index is 14.0. The van der Waals surface area contributed by atoms with E-state index in [9.17, 15) is 17.6 Å². The van der Waals surface area contributed by atoms with E-state index in [4.69, 9.17) is 16.3 Å². The van der Waals surface area contributed by atoms with Gasteiger partial charge in [-0.1, -0.05) is 29.8 Å².